The predicted octanol–water partition coefficient (Wildman–Crippen LogP) is 4.88. The van der Waals surface area contributed by atoms with Gasteiger partial charge in [-0.05, 0) is 24.1 Å². The molecule has 0 atom stereocenters. The van der Waals surface area contributed by atoms with Gasteiger partial charge < -0.3 is 5.32 Å². The van der Waals surface area contributed by atoms with E-state index in [1.807, 2.05) is 43.3 Å². The van der Waals surface area contributed by atoms with Crippen molar-refractivity contribution in [1.82, 2.24) is 14.9 Å². The number of thiophene rings is 1. The van der Waals surface area contributed by atoms with Crippen molar-refractivity contribution in [2.45, 2.75) is 18.6 Å². The second-order valence-corrected chi connectivity index (χ2v) is 9.34. The molecule has 0 saturated heterocycles. The zero-order chi connectivity index (χ0) is 22.5. The minimum absolute atomic E-state index is 0.0868. The average Bonchev–Trinajstić information content (AvgIpc) is 3.24. The highest BCUT2D eigenvalue weighted by atomic mass is 32.2. The quantitative estimate of drug-likeness (QED) is 0.231. The molecule has 2 aromatic carbocycles. The first-order valence-corrected chi connectivity index (χ1v) is 12.0. The SMILES string of the molecule is C=CCNC(=O)CSc1nc2cc(-c3ccc(C)cc3)sc2c(=O)n1Cc1ccccc1. The monoisotopic (exact) mass is 461 g/mol. The van der Waals surface area contributed by atoms with Gasteiger partial charge in [-0.2, -0.15) is 0 Å². The van der Waals surface area contributed by atoms with Crippen molar-refractivity contribution in [2.24, 2.45) is 0 Å². The van der Waals surface area contributed by atoms with Gasteiger partial charge in [-0.3, -0.25) is 14.2 Å². The standard InChI is InChI=1S/C25H23N3O2S2/c1-3-13-26-22(29)16-31-25-27-20-14-21(19-11-9-17(2)10-12-19)32-23(20)24(30)28(25)15-18-7-5-4-6-8-18/h3-12,14H,1,13,15-16H2,2H3,(H,26,29). The lowest BCUT2D eigenvalue weighted by Gasteiger charge is -2.12. The van der Waals surface area contributed by atoms with Crippen molar-refractivity contribution in [3.05, 3.63) is 94.8 Å². The van der Waals surface area contributed by atoms with Gasteiger partial charge in [0, 0.05) is 11.4 Å². The fourth-order valence-electron chi connectivity index (χ4n) is 3.23. The Kier molecular flexibility index (Phi) is 6.87. The van der Waals surface area contributed by atoms with Crippen LogP contribution in [0, 0.1) is 6.92 Å². The maximum atomic E-state index is 13.5. The molecule has 162 valence electrons. The molecule has 32 heavy (non-hydrogen) atoms. The van der Waals surface area contributed by atoms with Crippen LogP contribution in [0.25, 0.3) is 20.7 Å². The van der Waals surface area contributed by atoms with Gasteiger partial charge in [0.2, 0.25) is 5.91 Å². The van der Waals surface area contributed by atoms with Crippen molar-refractivity contribution >= 4 is 39.2 Å². The number of carbonyl (C=O) groups excluding carboxylic acids is 1. The predicted molar refractivity (Wildman–Crippen MR) is 134 cm³/mol. The first-order chi connectivity index (χ1) is 15.5. The maximum Gasteiger partial charge on any atom is 0.272 e. The Balaban J connectivity index is 1.74. The highest BCUT2D eigenvalue weighted by Crippen LogP contribution is 2.32. The van der Waals surface area contributed by atoms with Crippen LogP contribution >= 0.6 is 23.1 Å². The first kappa shape index (κ1) is 22.0. The molecule has 5 nitrogen and oxygen atoms in total. The number of rotatable bonds is 8. The number of hydrogen-bond donors (Lipinski definition) is 1. The second kappa shape index (κ2) is 9.97. The summed E-state index contributed by atoms with van der Waals surface area (Å²) in [4.78, 5) is 31.4. The van der Waals surface area contributed by atoms with Gasteiger partial charge in [0.25, 0.3) is 5.56 Å². The van der Waals surface area contributed by atoms with Crippen LogP contribution in [-0.2, 0) is 11.3 Å². The molecule has 2 heterocycles. The molecular formula is C25H23N3O2S2. The number of hydrogen-bond acceptors (Lipinski definition) is 5. The highest BCUT2D eigenvalue weighted by molar-refractivity contribution is 7.99. The number of nitrogens with zero attached hydrogens (tertiary/aromatic N) is 2. The van der Waals surface area contributed by atoms with Crippen LogP contribution in [0.3, 0.4) is 0 Å². The molecule has 0 saturated carbocycles. The van der Waals surface area contributed by atoms with E-state index in [-0.39, 0.29) is 17.2 Å². The van der Waals surface area contributed by atoms with Crippen LogP contribution in [0.1, 0.15) is 11.1 Å². The summed E-state index contributed by atoms with van der Waals surface area (Å²) in [6.07, 6.45) is 1.64. The minimum atomic E-state index is -0.124. The third-order valence-electron chi connectivity index (χ3n) is 4.89. The molecule has 1 N–H and O–H groups in total. The lowest BCUT2D eigenvalue weighted by Crippen LogP contribution is -2.27. The van der Waals surface area contributed by atoms with Crippen LogP contribution in [0.15, 0.2) is 83.3 Å². The summed E-state index contributed by atoms with van der Waals surface area (Å²) in [6, 6.07) is 20.0. The fraction of sp³-hybridized carbons (Fsp3) is 0.160. The van der Waals surface area contributed by atoms with E-state index in [1.54, 1.807) is 10.6 Å². The third-order valence-corrected chi connectivity index (χ3v) is 7.03. The summed E-state index contributed by atoms with van der Waals surface area (Å²) in [5, 5.41) is 3.30. The molecule has 0 bridgehead atoms. The summed E-state index contributed by atoms with van der Waals surface area (Å²) < 4.78 is 2.29. The normalized spacial score (nSPS) is 10.9. The van der Waals surface area contributed by atoms with Gasteiger partial charge in [-0.15, -0.1) is 17.9 Å². The van der Waals surface area contributed by atoms with Crippen LogP contribution in [-0.4, -0.2) is 27.8 Å². The van der Waals surface area contributed by atoms with Crippen molar-refractivity contribution in [3.63, 3.8) is 0 Å². The summed E-state index contributed by atoms with van der Waals surface area (Å²) in [5.41, 5.74) is 3.83. The fourth-order valence-corrected chi connectivity index (χ4v) is 5.11. The molecule has 0 unspecified atom stereocenters. The van der Waals surface area contributed by atoms with Gasteiger partial charge >= 0.3 is 0 Å². The lowest BCUT2D eigenvalue weighted by molar-refractivity contribution is -0.118. The molecule has 0 spiro atoms. The van der Waals surface area contributed by atoms with Gasteiger partial charge in [-0.25, -0.2) is 4.98 Å². The Labute approximate surface area is 194 Å². The molecule has 4 rings (SSSR count). The number of aromatic nitrogens is 2. The Bertz CT molecular complexity index is 1310. The lowest BCUT2D eigenvalue weighted by atomic mass is 10.1. The topological polar surface area (TPSA) is 64.0 Å². The highest BCUT2D eigenvalue weighted by Gasteiger charge is 2.17. The number of amides is 1. The number of nitrogens with one attached hydrogen (secondary N) is 1. The zero-order valence-electron chi connectivity index (χ0n) is 17.7. The summed E-state index contributed by atoms with van der Waals surface area (Å²) in [5.74, 6) is 0.0522. The smallest absolute Gasteiger partial charge is 0.272 e. The van der Waals surface area contributed by atoms with E-state index in [9.17, 15) is 9.59 Å². The van der Waals surface area contributed by atoms with Gasteiger partial charge in [0.15, 0.2) is 5.16 Å². The average molecular weight is 462 g/mol. The molecule has 0 aliphatic carbocycles. The summed E-state index contributed by atoms with van der Waals surface area (Å²) in [6.45, 7) is 6.47. The minimum Gasteiger partial charge on any atom is -0.352 e. The van der Waals surface area contributed by atoms with Gasteiger partial charge in [0.05, 0.1) is 17.8 Å². The third kappa shape index (κ3) is 5.00. The van der Waals surface area contributed by atoms with E-state index in [1.165, 1.54) is 28.7 Å². The van der Waals surface area contributed by atoms with E-state index in [4.69, 9.17) is 4.98 Å². The van der Waals surface area contributed by atoms with Crippen molar-refractivity contribution in [1.29, 1.82) is 0 Å². The molecule has 4 aromatic rings. The maximum absolute atomic E-state index is 13.5. The first-order valence-electron chi connectivity index (χ1n) is 10.2. The number of aryl methyl sites for hydroxylation is 1. The van der Waals surface area contributed by atoms with Gasteiger partial charge in [-0.1, -0.05) is 78.0 Å². The Morgan fingerprint density at radius 1 is 1.19 bits per heavy atom. The Morgan fingerprint density at radius 2 is 1.94 bits per heavy atom. The number of fused-ring (bicyclic) bond motifs is 1. The van der Waals surface area contributed by atoms with Crippen LogP contribution in [0.5, 0.6) is 0 Å². The van der Waals surface area contributed by atoms with E-state index >= 15 is 0 Å². The van der Waals surface area contributed by atoms with Crippen molar-refractivity contribution in [3.8, 4) is 10.4 Å². The molecule has 7 heteroatoms. The molecule has 0 aliphatic heterocycles. The molecule has 0 radical (unpaired) electrons. The second-order valence-electron chi connectivity index (χ2n) is 7.34. The van der Waals surface area contributed by atoms with E-state index in [0.717, 1.165) is 16.0 Å². The van der Waals surface area contributed by atoms with Crippen LogP contribution in [0.4, 0.5) is 0 Å². The molecule has 1 amide bonds. The van der Waals surface area contributed by atoms with Gasteiger partial charge in [0.1, 0.15) is 4.70 Å². The number of carbonyl (C=O) groups is 1. The van der Waals surface area contributed by atoms with E-state index < -0.39 is 0 Å². The Hall–Kier alpha value is -3.16. The van der Waals surface area contributed by atoms with Crippen molar-refractivity contribution in [2.75, 3.05) is 12.3 Å². The molecular weight excluding hydrogens is 438 g/mol. The van der Waals surface area contributed by atoms with Crippen LogP contribution < -0.4 is 10.9 Å². The number of benzene rings is 2. The number of thioether (sulfide) groups is 1. The van der Waals surface area contributed by atoms with E-state index in [0.29, 0.717) is 28.5 Å². The summed E-state index contributed by atoms with van der Waals surface area (Å²) >= 11 is 2.73. The Morgan fingerprint density at radius 3 is 2.66 bits per heavy atom. The molecule has 0 aliphatic rings. The van der Waals surface area contributed by atoms with E-state index in [2.05, 4.69) is 36.2 Å². The van der Waals surface area contributed by atoms with Crippen LogP contribution in [0.2, 0.25) is 0 Å². The molecule has 2 aromatic heterocycles. The largest absolute Gasteiger partial charge is 0.352 e. The molecule has 0 fully saturated rings. The summed E-state index contributed by atoms with van der Waals surface area (Å²) in [7, 11) is 0. The van der Waals surface area contributed by atoms with Crippen molar-refractivity contribution < 1.29 is 4.79 Å². The zero-order valence-corrected chi connectivity index (χ0v) is 19.3.